The summed E-state index contributed by atoms with van der Waals surface area (Å²) in [5.41, 5.74) is 8.92. The van der Waals surface area contributed by atoms with E-state index in [1.54, 1.807) is 26.0 Å². The maximum atomic E-state index is 13.8. The lowest BCUT2D eigenvalue weighted by Crippen LogP contribution is -2.45. The molecule has 0 bridgehead atoms. The Bertz CT molecular complexity index is 2300. The molecule has 0 radical (unpaired) electrons. The number of carbonyl (C=O) groups excluding carboxylic acids is 4. The Balaban J connectivity index is 0.00000163. The van der Waals surface area contributed by atoms with Crippen molar-refractivity contribution in [3.63, 3.8) is 0 Å². The highest BCUT2D eigenvalue weighted by molar-refractivity contribution is 5.99. The Morgan fingerprint density at radius 2 is 1.36 bits per heavy atom. The molecule has 3 amide bonds. The van der Waals surface area contributed by atoms with E-state index < -0.39 is 18.0 Å². The summed E-state index contributed by atoms with van der Waals surface area (Å²) >= 11 is 0. The molecule has 2 atom stereocenters. The van der Waals surface area contributed by atoms with Crippen LogP contribution in [0.5, 0.6) is 0 Å². The number of nitrogens with zero attached hydrogens (tertiary/aromatic N) is 4. The van der Waals surface area contributed by atoms with Crippen molar-refractivity contribution < 1.29 is 19.2 Å². The van der Waals surface area contributed by atoms with Gasteiger partial charge in [-0.3, -0.25) is 38.4 Å². The molecule has 2 unspecified atom stereocenters. The minimum atomic E-state index is -0.798. The first kappa shape index (κ1) is 41.9. The first-order chi connectivity index (χ1) is 26.6. The molecule has 3 heterocycles. The van der Waals surface area contributed by atoms with Gasteiger partial charge in [-0.25, -0.2) is 9.97 Å². The topological polar surface area (TPSA) is 188 Å². The molecular formula is C42H51N7O6. The van der Waals surface area contributed by atoms with Crippen molar-refractivity contribution in [3.05, 3.63) is 115 Å². The van der Waals surface area contributed by atoms with Crippen LogP contribution < -0.4 is 27.5 Å². The van der Waals surface area contributed by atoms with Gasteiger partial charge in [-0.15, -0.1) is 0 Å². The fraction of sp³-hybridized carbons (Fsp3) is 0.381. The first-order valence-corrected chi connectivity index (χ1v) is 18.8. The summed E-state index contributed by atoms with van der Waals surface area (Å²) in [5, 5.41) is 5.84. The Labute approximate surface area is 320 Å². The average molecular weight is 750 g/mol. The van der Waals surface area contributed by atoms with Gasteiger partial charge in [0.15, 0.2) is 0 Å². The van der Waals surface area contributed by atoms with E-state index in [-0.39, 0.29) is 48.6 Å². The molecule has 0 aliphatic carbocycles. The van der Waals surface area contributed by atoms with E-state index in [0.717, 1.165) is 22.3 Å². The van der Waals surface area contributed by atoms with Crippen LogP contribution in [-0.4, -0.2) is 57.2 Å². The largest absolute Gasteiger partial charge is 0.359 e. The number of piperidine rings is 1. The molecule has 4 N–H and O–H groups in total. The van der Waals surface area contributed by atoms with Crippen LogP contribution in [0.2, 0.25) is 0 Å². The van der Waals surface area contributed by atoms with Crippen LogP contribution in [0.3, 0.4) is 0 Å². The number of nitrogens with two attached hydrogens (primary N) is 1. The molecule has 1 aliphatic heterocycles. The highest BCUT2D eigenvalue weighted by Gasteiger charge is 2.31. The summed E-state index contributed by atoms with van der Waals surface area (Å²) in [7, 11) is 3.03. The van der Waals surface area contributed by atoms with E-state index in [9.17, 15) is 28.8 Å². The van der Waals surface area contributed by atoms with Crippen molar-refractivity contribution in [3.8, 4) is 0 Å². The van der Waals surface area contributed by atoms with E-state index in [4.69, 9.17) is 0 Å². The number of imide groups is 1. The van der Waals surface area contributed by atoms with Gasteiger partial charge in [0.25, 0.3) is 11.1 Å². The molecule has 0 spiro atoms. The summed E-state index contributed by atoms with van der Waals surface area (Å²) in [6.45, 7) is 7.40. The van der Waals surface area contributed by atoms with Crippen molar-refractivity contribution in [2.24, 2.45) is 5.73 Å². The summed E-state index contributed by atoms with van der Waals surface area (Å²) < 4.78 is 2.81. The maximum Gasteiger partial charge on any atom is 0.262 e. The Hall–Kier alpha value is -5.82. The molecule has 1 saturated heterocycles. The molecule has 1 aliphatic rings. The molecule has 2 aromatic heterocycles. The maximum absolute atomic E-state index is 13.8. The number of carbonyl (C=O) groups is 4. The monoisotopic (exact) mass is 749 g/mol. The highest BCUT2D eigenvalue weighted by atomic mass is 16.2. The number of amides is 3. The number of benzene rings is 3. The van der Waals surface area contributed by atoms with Crippen LogP contribution in [0.25, 0.3) is 21.8 Å². The van der Waals surface area contributed by atoms with Crippen molar-refractivity contribution in [2.75, 3.05) is 14.1 Å². The molecule has 6 rings (SSSR count). The fourth-order valence-electron chi connectivity index (χ4n) is 7.04. The smallest absolute Gasteiger partial charge is 0.262 e. The standard InChI is InChI=1S/C39H40N6O6.C2H6.CH5N/c1-23-41-30-8-4-6-27(35(30)38(50)44(23)29(22-46)18-20-33(47)40-3)16-14-25-10-12-26(13-11-25)15-17-28-7-5-9-31-36(28)39(51)45(24(2)42-31)32-19-21-34(48)43-37(32)49;2*1-2/h4-13,22,29,32H,14-21H2,1-3H3,(H,40,47)(H,43,48,49);1-2H3;2H2,1H3. The number of rotatable bonds is 12. The SMILES string of the molecule is CC.CN.CNC(=O)CCC(C=O)n1c(C)nc2cccc(CCc3ccc(CCc4cccc5nc(C)n(C6CCC(=O)NC6=O)c(=O)c45)cc3)c2c1=O. The zero-order valence-corrected chi connectivity index (χ0v) is 32.5. The molecule has 55 heavy (non-hydrogen) atoms. The Kier molecular flexibility index (Phi) is 14.9. The van der Waals surface area contributed by atoms with Gasteiger partial charge in [0.05, 0.1) is 27.8 Å². The van der Waals surface area contributed by atoms with Crippen LogP contribution >= 0.6 is 0 Å². The van der Waals surface area contributed by atoms with E-state index in [1.165, 1.54) is 23.2 Å². The van der Waals surface area contributed by atoms with Gasteiger partial charge in [0.2, 0.25) is 17.7 Å². The van der Waals surface area contributed by atoms with Gasteiger partial charge in [-0.05, 0) is 93.8 Å². The van der Waals surface area contributed by atoms with Crippen LogP contribution in [-0.2, 0) is 44.9 Å². The highest BCUT2D eigenvalue weighted by Crippen LogP contribution is 2.23. The van der Waals surface area contributed by atoms with Crippen molar-refractivity contribution in [1.29, 1.82) is 0 Å². The second-order valence-electron chi connectivity index (χ2n) is 13.0. The second kappa shape index (κ2) is 19.5. The minimum Gasteiger partial charge on any atom is -0.359 e. The Morgan fingerprint density at radius 3 is 1.87 bits per heavy atom. The molecule has 13 heteroatoms. The average Bonchev–Trinajstić information content (AvgIpc) is 3.19. The molecule has 5 aromatic rings. The predicted molar refractivity (Wildman–Crippen MR) is 214 cm³/mol. The third-order valence-electron chi connectivity index (χ3n) is 9.73. The van der Waals surface area contributed by atoms with Gasteiger partial charge in [0.1, 0.15) is 24.0 Å². The van der Waals surface area contributed by atoms with E-state index in [0.29, 0.717) is 65.4 Å². The van der Waals surface area contributed by atoms with Gasteiger partial charge >= 0.3 is 0 Å². The van der Waals surface area contributed by atoms with Crippen LogP contribution in [0, 0.1) is 13.8 Å². The fourth-order valence-corrected chi connectivity index (χ4v) is 7.04. The second-order valence-corrected chi connectivity index (χ2v) is 13.0. The van der Waals surface area contributed by atoms with Crippen LogP contribution in [0.1, 0.15) is 85.5 Å². The third-order valence-corrected chi connectivity index (χ3v) is 9.73. The number of nitrogens with one attached hydrogen (secondary N) is 2. The van der Waals surface area contributed by atoms with Crippen molar-refractivity contribution >= 4 is 45.8 Å². The van der Waals surface area contributed by atoms with Crippen molar-refractivity contribution in [1.82, 2.24) is 29.7 Å². The van der Waals surface area contributed by atoms with Crippen molar-refractivity contribution in [2.45, 2.75) is 91.1 Å². The molecular weight excluding hydrogens is 699 g/mol. The summed E-state index contributed by atoms with van der Waals surface area (Å²) in [6, 6.07) is 17.8. The Morgan fingerprint density at radius 1 is 0.836 bits per heavy atom. The molecule has 3 aromatic carbocycles. The van der Waals surface area contributed by atoms with Crippen LogP contribution in [0.4, 0.5) is 0 Å². The number of aromatic nitrogens is 4. The van der Waals surface area contributed by atoms with Crippen LogP contribution in [0.15, 0.2) is 70.3 Å². The number of aldehydes is 1. The summed E-state index contributed by atoms with van der Waals surface area (Å²) in [6.07, 6.45) is 3.96. The van der Waals surface area contributed by atoms with Gasteiger partial charge in [-0.2, -0.15) is 0 Å². The summed E-state index contributed by atoms with van der Waals surface area (Å²) in [4.78, 5) is 85.0. The molecule has 0 saturated carbocycles. The van der Waals surface area contributed by atoms with Gasteiger partial charge < -0.3 is 15.8 Å². The lowest BCUT2D eigenvalue weighted by Gasteiger charge is -2.24. The number of hydrogen-bond acceptors (Lipinski definition) is 9. The molecule has 290 valence electrons. The third kappa shape index (κ3) is 9.47. The number of fused-ring (bicyclic) bond motifs is 2. The zero-order valence-electron chi connectivity index (χ0n) is 32.5. The summed E-state index contributed by atoms with van der Waals surface area (Å²) in [5.74, 6) is -0.179. The lowest BCUT2D eigenvalue weighted by molar-refractivity contribution is -0.136. The lowest BCUT2D eigenvalue weighted by atomic mass is 9.97. The normalized spacial score (nSPS) is 14.3. The molecule has 13 nitrogen and oxygen atoms in total. The predicted octanol–water partition coefficient (Wildman–Crippen LogP) is 4.14. The van der Waals surface area contributed by atoms with E-state index in [2.05, 4.69) is 50.6 Å². The number of hydrogen-bond donors (Lipinski definition) is 3. The minimum absolute atomic E-state index is 0.116. The quantitative estimate of drug-likeness (QED) is 0.124. The van der Waals surface area contributed by atoms with Gasteiger partial charge in [0, 0.05) is 19.9 Å². The van der Waals surface area contributed by atoms with E-state index >= 15 is 0 Å². The van der Waals surface area contributed by atoms with Gasteiger partial charge in [-0.1, -0.05) is 62.4 Å². The molecule has 1 fully saturated rings. The first-order valence-electron chi connectivity index (χ1n) is 18.8. The van der Waals surface area contributed by atoms with E-state index in [1.807, 2.05) is 38.1 Å². The number of aryl methyl sites for hydroxylation is 6. The zero-order chi connectivity index (χ0) is 40.2.